The fourth-order valence-corrected chi connectivity index (χ4v) is 1.07. The lowest BCUT2D eigenvalue weighted by Crippen LogP contribution is -2.22. The molecule has 2 aromatic rings. The zero-order valence-electron chi connectivity index (χ0n) is 7.68. The van der Waals surface area contributed by atoms with Gasteiger partial charge in [0.2, 0.25) is 0 Å². The van der Waals surface area contributed by atoms with Crippen molar-refractivity contribution in [3.8, 4) is 0 Å². The molecule has 2 rings (SSSR count). The van der Waals surface area contributed by atoms with E-state index in [-0.39, 0.29) is 0 Å². The van der Waals surface area contributed by atoms with Gasteiger partial charge in [0, 0.05) is 0 Å². The van der Waals surface area contributed by atoms with Crippen LogP contribution < -0.4 is 11.4 Å². The summed E-state index contributed by atoms with van der Waals surface area (Å²) in [7, 11) is 0. The van der Waals surface area contributed by atoms with Crippen LogP contribution in [0.15, 0.2) is 45.0 Å². The van der Waals surface area contributed by atoms with Crippen molar-refractivity contribution in [2.24, 2.45) is 5.10 Å². The summed E-state index contributed by atoms with van der Waals surface area (Å²) < 4.78 is 0.715. The van der Waals surface area contributed by atoms with E-state index in [2.05, 4.69) is 15.3 Å². The molecule has 1 heterocycles. The zero-order valence-corrected chi connectivity index (χ0v) is 7.68. The van der Waals surface area contributed by atoms with Gasteiger partial charge in [-0.25, -0.2) is 19.8 Å². The zero-order chi connectivity index (χ0) is 10.7. The number of H-pyrrole nitrogens is 2. The summed E-state index contributed by atoms with van der Waals surface area (Å²) in [4.78, 5) is 22.0. The molecule has 76 valence electrons. The topological polar surface area (TPSA) is 83.0 Å². The van der Waals surface area contributed by atoms with Crippen LogP contribution in [-0.4, -0.2) is 21.1 Å². The van der Waals surface area contributed by atoms with Gasteiger partial charge in [-0.3, -0.25) is 0 Å². The fraction of sp³-hybridized carbons (Fsp3) is 0. The number of benzene rings is 1. The Morgan fingerprint density at radius 1 is 1.07 bits per heavy atom. The van der Waals surface area contributed by atoms with E-state index in [4.69, 9.17) is 0 Å². The van der Waals surface area contributed by atoms with Gasteiger partial charge in [-0.05, 0) is 5.56 Å². The Balaban J connectivity index is 2.34. The highest BCUT2D eigenvalue weighted by Crippen LogP contribution is 1.93. The third-order valence-corrected chi connectivity index (χ3v) is 1.78. The predicted octanol–water partition coefficient (Wildman–Crippen LogP) is -0.253. The molecule has 0 spiro atoms. The van der Waals surface area contributed by atoms with Crippen molar-refractivity contribution in [2.45, 2.75) is 0 Å². The molecule has 6 heteroatoms. The maximum Gasteiger partial charge on any atom is 0.365 e. The summed E-state index contributed by atoms with van der Waals surface area (Å²) >= 11 is 0. The summed E-state index contributed by atoms with van der Waals surface area (Å²) in [5.74, 6) is 0. The van der Waals surface area contributed by atoms with E-state index in [1.54, 1.807) is 0 Å². The van der Waals surface area contributed by atoms with Gasteiger partial charge in [0.1, 0.15) is 0 Å². The second-order valence-corrected chi connectivity index (χ2v) is 2.83. The van der Waals surface area contributed by atoms with Gasteiger partial charge in [-0.1, -0.05) is 30.3 Å². The molecule has 0 aliphatic heterocycles. The summed E-state index contributed by atoms with van der Waals surface area (Å²) in [6.45, 7) is 0. The van der Waals surface area contributed by atoms with E-state index >= 15 is 0 Å². The van der Waals surface area contributed by atoms with Gasteiger partial charge in [-0.2, -0.15) is 5.10 Å². The summed E-state index contributed by atoms with van der Waals surface area (Å²) in [5.41, 5.74) is -0.371. The molecule has 0 aliphatic rings. The first-order valence-corrected chi connectivity index (χ1v) is 4.26. The summed E-state index contributed by atoms with van der Waals surface area (Å²) in [6.07, 6.45) is 1.43. The van der Waals surface area contributed by atoms with Crippen LogP contribution in [0.25, 0.3) is 0 Å². The standard InChI is InChI=1S/C9H8N4O2/c14-8-11-12-9(15)13(8)10-6-7-4-2-1-3-5-7/h1-6H,(H,11,14)(H,12,15)/b10-6-. The lowest BCUT2D eigenvalue weighted by Gasteiger charge is -1.89. The van der Waals surface area contributed by atoms with Crippen molar-refractivity contribution in [1.82, 2.24) is 14.9 Å². The fourth-order valence-electron chi connectivity index (χ4n) is 1.07. The third kappa shape index (κ3) is 1.93. The van der Waals surface area contributed by atoms with Gasteiger partial charge < -0.3 is 0 Å². The van der Waals surface area contributed by atoms with Crippen molar-refractivity contribution in [2.75, 3.05) is 0 Å². The Bertz CT molecular complexity index is 548. The maximum atomic E-state index is 11.0. The van der Waals surface area contributed by atoms with Crippen LogP contribution in [-0.2, 0) is 0 Å². The first kappa shape index (κ1) is 9.20. The van der Waals surface area contributed by atoms with Crippen LogP contribution in [0.2, 0.25) is 0 Å². The maximum absolute atomic E-state index is 11.0. The molecule has 0 amide bonds. The number of rotatable bonds is 2. The number of aromatic nitrogens is 3. The van der Waals surface area contributed by atoms with E-state index in [1.807, 2.05) is 30.3 Å². The third-order valence-electron chi connectivity index (χ3n) is 1.78. The molecule has 0 aliphatic carbocycles. The molecular formula is C9H8N4O2. The molecule has 0 saturated heterocycles. The highest BCUT2D eigenvalue weighted by Gasteiger charge is 1.97. The normalized spacial score (nSPS) is 10.9. The van der Waals surface area contributed by atoms with Gasteiger partial charge in [0.25, 0.3) is 0 Å². The van der Waals surface area contributed by atoms with Crippen molar-refractivity contribution in [3.63, 3.8) is 0 Å². The molecule has 1 aromatic carbocycles. The van der Waals surface area contributed by atoms with Crippen molar-refractivity contribution in [1.29, 1.82) is 0 Å². The van der Waals surface area contributed by atoms with Gasteiger partial charge >= 0.3 is 11.4 Å². The van der Waals surface area contributed by atoms with Crippen LogP contribution in [0.4, 0.5) is 0 Å². The Labute approximate surface area is 83.9 Å². The van der Waals surface area contributed by atoms with E-state index in [0.29, 0.717) is 4.68 Å². The molecule has 0 bridgehead atoms. The Hall–Kier alpha value is -2.37. The highest BCUT2D eigenvalue weighted by molar-refractivity contribution is 5.79. The number of aromatic amines is 2. The van der Waals surface area contributed by atoms with E-state index < -0.39 is 11.4 Å². The second-order valence-electron chi connectivity index (χ2n) is 2.83. The van der Waals surface area contributed by atoms with Crippen LogP contribution in [0, 0.1) is 0 Å². The number of hydrogen-bond donors (Lipinski definition) is 2. The Kier molecular flexibility index (Phi) is 2.32. The SMILES string of the molecule is O=c1[nH][nH]c(=O)n1/N=C\c1ccccc1. The first-order valence-electron chi connectivity index (χ1n) is 4.26. The second kappa shape index (κ2) is 3.79. The van der Waals surface area contributed by atoms with Crippen molar-refractivity contribution >= 4 is 6.21 Å². The molecule has 0 fully saturated rings. The molecular weight excluding hydrogens is 196 g/mol. The van der Waals surface area contributed by atoms with E-state index in [0.717, 1.165) is 5.56 Å². The monoisotopic (exact) mass is 204 g/mol. The molecule has 15 heavy (non-hydrogen) atoms. The average Bonchev–Trinajstić information content (AvgIpc) is 2.58. The molecule has 6 nitrogen and oxygen atoms in total. The number of hydrogen-bond acceptors (Lipinski definition) is 3. The van der Waals surface area contributed by atoms with Crippen LogP contribution in [0.3, 0.4) is 0 Å². The Morgan fingerprint density at radius 2 is 1.67 bits per heavy atom. The largest absolute Gasteiger partial charge is 0.365 e. The molecule has 0 radical (unpaired) electrons. The summed E-state index contributed by atoms with van der Waals surface area (Å²) in [6, 6.07) is 9.17. The van der Waals surface area contributed by atoms with Gasteiger partial charge in [0.15, 0.2) is 0 Å². The molecule has 1 aromatic heterocycles. The van der Waals surface area contributed by atoms with E-state index in [1.165, 1.54) is 6.21 Å². The molecule has 2 N–H and O–H groups in total. The van der Waals surface area contributed by atoms with Crippen LogP contribution >= 0.6 is 0 Å². The predicted molar refractivity (Wildman–Crippen MR) is 55.1 cm³/mol. The lowest BCUT2D eigenvalue weighted by molar-refractivity contribution is 0.801. The van der Waals surface area contributed by atoms with Crippen molar-refractivity contribution < 1.29 is 0 Å². The van der Waals surface area contributed by atoms with Crippen LogP contribution in [0.5, 0.6) is 0 Å². The quantitative estimate of drug-likeness (QED) is 0.661. The lowest BCUT2D eigenvalue weighted by atomic mass is 10.2. The molecule has 0 unspecified atom stereocenters. The first-order chi connectivity index (χ1) is 7.27. The van der Waals surface area contributed by atoms with Crippen molar-refractivity contribution in [3.05, 3.63) is 56.9 Å². The smallest absolute Gasteiger partial charge is 0.246 e. The minimum absolute atomic E-state index is 0.591. The number of nitrogens with one attached hydrogen (secondary N) is 2. The minimum atomic E-state index is -0.591. The Morgan fingerprint density at radius 3 is 2.27 bits per heavy atom. The minimum Gasteiger partial charge on any atom is -0.246 e. The molecule has 0 atom stereocenters. The van der Waals surface area contributed by atoms with Gasteiger partial charge in [-0.15, -0.1) is 4.68 Å². The van der Waals surface area contributed by atoms with Gasteiger partial charge in [0.05, 0.1) is 6.21 Å². The molecule has 0 saturated carbocycles. The number of nitrogens with zero attached hydrogens (tertiary/aromatic N) is 2. The summed E-state index contributed by atoms with van der Waals surface area (Å²) in [5, 5.41) is 8.00. The van der Waals surface area contributed by atoms with Crippen LogP contribution in [0.1, 0.15) is 5.56 Å². The van der Waals surface area contributed by atoms with E-state index in [9.17, 15) is 9.59 Å². The highest BCUT2D eigenvalue weighted by atomic mass is 16.2. The average molecular weight is 204 g/mol.